The van der Waals surface area contributed by atoms with Crippen molar-refractivity contribution in [1.29, 1.82) is 0 Å². The molecule has 1 aliphatic rings. The molecule has 0 bridgehead atoms. The van der Waals surface area contributed by atoms with Crippen molar-refractivity contribution in [3.8, 4) is 0 Å². The quantitative estimate of drug-likeness (QED) is 0.648. The molecule has 0 N–H and O–H groups in total. The van der Waals surface area contributed by atoms with Gasteiger partial charge in [-0.25, -0.2) is 0 Å². The Kier molecular flexibility index (Phi) is 1.75. The van der Waals surface area contributed by atoms with Gasteiger partial charge in [0.1, 0.15) is 0 Å². The Labute approximate surface area is 71.8 Å². The van der Waals surface area contributed by atoms with Gasteiger partial charge in [-0.15, -0.1) is 0 Å². The first kappa shape index (κ1) is 7.59. The molecule has 1 aliphatic carbocycles. The number of hydrogen-bond donors (Lipinski definition) is 0. The summed E-state index contributed by atoms with van der Waals surface area (Å²) in [6, 6.07) is 5.44. The fraction of sp³-hybridized carbons (Fsp3) is 0.500. The molecule has 2 heteroatoms. The molecular formula is C10H13NO. The first-order valence-electron chi connectivity index (χ1n) is 4.44. The maximum atomic E-state index is 11.4. The topological polar surface area (TPSA) is 22.0 Å². The highest BCUT2D eigenvalue weighted by molar-refractivity contribution is 5.04. The molecule has 0 spiro atoms. The minimum atomic E-state index is 0.141. The van der Waals surface area contributed by atoms with Gasteiger partial charge in [0.2, 0.25) is 0 Å². The van der Waals surface area contributed by atoms with E-state index in [0.29, 0.717) is 0 Å². The Balaban J connectivity index is 2.32. The van der Waals surface area contributed by atoms with Crippen molar-refractivity contribution in [1.82, 2.24) is 4.57 Å². The molecule has 2 nitrogen and oxygen atoms in total. The van der Waals surface area contributed by atoms with Crippen LogP contribution in [0.15, 0.2) is 23.0 Å². The van der Waals surface area contributed by atoms with Gasteiger partial charge in [-0.05, 0) is 31.7 Å². The number of aryl methyl sites for hydroxylation is 1. The van der Waals surface area contributed by atoms with Crippen molar-refractivity contribution in [2.45, 2.75) is 26.3 Å². The van der Waals surface area contributed by atoms with Crippen LogP contribution in [0.4, 0.5) is 0 Å². The van der Waals surface area contributed by atoms with Crippen molar-refractivity contribution in [2.75, 3.05) is 0 Å². The lowest BCUT2D eigenvalue weighted by Crippen LogP contribution is -2.21. The van der Waals surface area contributed by atoms with Crippen LogP contribution in [0, 0.1) is 12.8 Å². The van der Waals surface area contributed by atoms with E-state index >= 15 is 0 Å². The third-order valence-electron chi connectivity index (χ3n) is 2.41. The van der Waals surface area contributed by atoms with E-state index in [9.17, 15) is 4.79 Å². The molecule has 64 valence electrons. The first-order valence-corrected chi connectivity index (χ1v) is 4.44. The monoisotopic (exact) mass is 163 g/mol. The molecule has 1 aromatic heterocycles. The Morgan fingerprint density at radius 3 is 2.83 bits per heavy atom. The number of pyridine rings is 1. The van der Waals surface area contributed by atoms with Crippen molar-refractivity contribution < 1.29 is 0 Å². The zero-order valence-corrected chi connectivity index (χ0v) is 7.29. The van der Waals surface area contributed by atoms with Gasteiger partial charge in [0, 0.05) is 18.3 Å². The van der Waals surface area contributed by atoms with Crippen LogP contribution in [-0.2, 0) is 6.54 Å². The summed E-state index contributed by atoms with van der Waals surface area (Å²) in [6.45, 7) is 2.91. The summed E-state index contributed by atoms with van der Waals surface area (Å²) in [5, 5.41) is 0. The molecule has 0 unspecified atom stereocenters. The lowest BCUT2D eigenvalue weighted by Gasteiger charge is -2.07. The Hall–Kier alpha value is -1.05. The fourth-order valence-electron chi connectivity index (χ4n) is 1.42. The number of rotatable bonds is 2. The molecule has 0 atom stereocenters. The van der Waals surface area contributed by atoms with Crippen molar-refractivity contribution in [3.05, 3.63) is 34.2 Å². The minimum Gasteiger partial charge on any atom is -0.313 e. The molecule has 0 saturated heterocycles. The van der Waals surface area contributed by atoms with E-state index in [1.54, 1.807) is 6.07 Å². The van der Waals surface area contributed by atoms with Gasteiger partial charge in [0.25, 0.3) is 5.56 Å². The largest absolute Gasteiger partial charge is 0.313 e. The van der Waals surface area contributed by atoms with Crippen LogP contribution in [0.2, 0.25) is 0 Å². The van der Waals surface area contributed by atoms with Crippen LogP contribution in [0.1, 0.15) is 18.5 Å². The summed E-state index contributed by atoms with van der Waals surface area (Å²) in [6.07, 6.45) is 2.58. The summed E-state index contributed by atoms with van der Waals surface area (Å²) in [4.78, 5) is 11.4. The predicted octanol–water partition coefficient (Wildman–Crippen LogP) is 1.57. The molecule has 0 radical (unpaired) electrons. The second-order valence-corrected chi connectivity index (χ2v) is 3.56. The van der Waals surface area contributed by atoms with Crippen LogP contribution in [0.5, 0.6) is 0 Å². The van der Waals surface area contributed by atoms with E-state index in [4.69, 9.17) is 0 Å². The van der Waals surface area contributed by atoms with Crippen molar-refractivity contribution in [2.24, 2.45) is 5.92 Å². The van der Waals surface area contributed by atoms with E-state index in [1.807, 2.05) is 23.6 Å². The second-order valence-electron chi connectivity index (χ2n) is 3.56. The molecule has 1 heterocycles. The molecule has 12 heavy (non-hydrogen) atoms. The molecule has 1 aromatic rings. The van der Waals surface area contributed by atoms with E-state index in [1.165, 1.54) is 12.8 Å². The first-order chi connectivity index (χ1) is 5.77. The number of aromatic nitrogens is 1. The average Bonchev–Trinajstić information content (AvgIpc) is 2.80. The molecule has 0 aliphatic heterocycles. The summed E-state index contributed by atoms with van der Waals surface area (Å²) >= 11 is 0. The van der Waals surface area contributed by atoms with Crippen LogP contribution in [0.3, 0.4) is 0 Å². The third kappa shape index (κ3) is 1.42. The third-order valence-corrected chi connectivity index (χ3v) is 2.41. The van der Waals surface area contributed by atoms with Crippen molar-refractivity contribution in [3.63, 3.8) is 0 Å². The Bertz CT molecular complexity index is 336. The van der Waals surface area contributed by atoms with Gasteiger partial charge in [-0.2, -0.15) is 0 Å². The molecule has 0 amide bonds. The second kappa shape index (κ2) is 2.77. The molecule has 1 fully saturated rings. The van der Waals surface area contributed by atoms with E-state index < -0.39 is 0 Å². The van der Waals surface area contributed by atoms with Crippen molar-refractivity contribution >= 4 is 0 Å². The molecule has 2 rings (SSSR count). The van der Waals surface area contributed by atoms with Gasteiger partial charge in [0.05, 0.1) is 0 Å². The normalized spacial score (nSPS) is 16.4. The zero-order valence-electron chi connectivity index (χ0n) is 7.29. The summed E-state index contributed by atoms with van der Waals surface area (Å²) in [7, 11) is 0. The maximum Gasteiger partial charge on any atom is 0.250 e. The van der Waals surface area contributed by atoms with E-state index in [2.05, 4.69) is 0 Å². The molecule has 1 saturated carbocycles. The van der Waals surface area contributed by atoms with Crippen LogP contribution >= 0.6 is 0 Å². The maximum absolute atomic E-state index is 11.4. The van der Waals surface area contributed by atoms with E-state index in [0.717, 1.165) is 18.2 Å². The van der Waals surface area contributed by atoms with Crippen LogP contribution in [-0.4, -0.2) is 4.57 Å². The van der Waals surface area contributed by atoms with Gasteiger partial charge >= 0.3 is 0 Å². The highest BCUT2D eigenvalue weighted by atomic mass is 16.1. The van der Waals surface area contributed by atoms with Gasteiger partial charge in [-0.3, -0.25) is 4.79 Å². The minimum absolute atomic E-state index is 0.141. The Morgan fingerprint density at radius 2 is 2.25 bits per heavy atom. The standard InChI is InChI=1S/C10H13NO/c1-8-3-2-4-10(12)11(8)7-9-5-6-9/h2-4,9H,5-7H2,1H3. The van der Waals surface area contributed by atoms with Gasteiger partial charge in [0.15, 0.2) is 0 Å². The number of nitrogens with zero attached hydrogens (tertiary/aromatic N) is 1. The zero-order chi connectivity index (χ0) is 8.55. The summed E-state index contributed by atoms with van der Waals surface area (Å²) in [5.74, 6) is 0.767. The predicted molar refractivity (Wildman–Crippen MR) is 48.2 cm³/mol. The highest BCUT2D eigenvalue weighted by Gasteiger charge is 2.22. The van der Waals surface area contributed by atoms with Crippen LogP contribution in [0.25, 0.3) is 0 Å². The van der Waals surface area contributed by atoms with Gasteiger partial charge in [-0.1, -0.05) is 6.07 Å². The van der Waals surface area contributed by atoms with Gasteiger partial charge < -0.3 is 4.57 Å². The number of hydrogen-bond acceptors (Lipinski definition) is 1. The molecular weight excluding hydrogens is 150 g/mol. The Morgan fingerprint density at radius 1 is 1.50 bits per heavy atom. The highest BCUT2D eigenvalue weighted by Crippen LogP contribution is 2.30. The fourth-order valence-corrected chi connectivity index (χ4v) is 1.42. The van der Waals surface area contributed by atoms with E-state index in [-0.39, 0.29) is 5.56 Å². The molecule has 0 aromatic carbocycles. The van der Waals surface area contributed by atoms with Crippen LogP contribution < -0.4 is 5.56 Å². The SMILES string of the molecule is Cc1cccc(=O)n1CC1CC1. The summed E-state index contributed by atoms with van der Waals surface area (Å²) in [5.41, 5.74) is 1.22. The average molecular weight is 163 g/mol. The lowest BCUT2D eigenvalue weighted by molar-refractivity contribution is 0.591. The summed E-state index contributed by atoms with van der Waals surface area (Å²) < 4.78 is 1.87. The smallest absolute Gasteiger partial charge is 0.250 e. The lowest BCUT2D eigenvalue weighted by atomic mass is 10.3.